The van der Waals surface area contributed by atoms with Crippen molar-refractivity contribution in [2.45, 2.75) is 12.5 Å². The summed E-state index contributed by atoms with van der Waals surface area (Å²) >= 11 is 1.66. The van der Waals surface area contributed by atoms with Crippen molar-refractivity contribution in [3.63, 3.8) is 0 Å². The summed E-state index contributed by atoms with van der Waals surface area (Å²) in [6.45, 7) is 0.807. The molecule has 3 rings (SSSR count). The lowest BCUT2D eigenvalue weighted by molar-refractivity contribution is 0.197. The minimum absolute atomic E-state index is 0.171. The number of rotatable bonds is 6. The van der Waals surface area contributed by atoms with Gasteiger partial charge in [0.15, 0.2) is 0 Å². The third-order valence-electron chi connectivity index (χ3n) is 3.59. The topological polar surface area (TPSA) is 21.3 Å². The van der Waals surface area contributed by atoms with E-state index in [9.17, 15) is 4.39 Å². The van der Waals surface area contributed by atoms with E-state index in [1.807, 2.05) is 25.2 Å². The lowest BCUT2D eigenvalue weighted by Gasteiger charge is -2.20. The summed E-state index contributed by atoms with van der Waals surface area (Å²) in [6.07, 6.45) is 0.609. The van der Waals surface area contributed by atoms with Gasteiger partial charge in [-0.2, -0.15) is 0 Å². The van der Waals surface area contributed by atoms with Crippen molar-refractivity contribution in [3.8, 4) is 5.75 Å². The Kier molecular flexibility index (Phi) is 4.71. The van der Waals surface area contributed by atoms with Gasteiger partial charge in [0.05, 0.1) is 4.70 Å². The summed E-state index contributed by atoms with van der Waals surface area (Å²) in [7, 11) is 1.91. The molecule has 0 saturated carbocycles. The Bertz CT molecular complexity index is 755. The van der Waals surface area contributed by atoms with Crippen molar-refractivity contribution in [1.82, 2.24) is 5.32 Å². The van der Waals surface area contributed by atoms with E-state index in [-0.39, 0.29) is 11.9 Å². The van der Waals surface area contributed by atoms with Crippen LogP contribution in [0.5, 0.6) is 5.75 Å². The van der Waals surface area contributed by atoms with Gasteiger partial charge in [0, 0.05) is 6.42 Å². The molecule has 2 aromatic carbocycles. The van der Waals surface area contributed by atoms with E-state index in [0.717, 1.165) is 29.0 Å². The second-order valence-corrected chi connectivity index (χ2v) is 6.06. The van der Waals surface area contributed by atoms with Crippen LogP contribution in [-0.4, -0.2) is 13.6 Å². The number of thiophene rings is 1. The molecule has 1 heterocycles. The molecule has 1 aromatic heterocycles. The highest BCUT2D eigenvalue weighted by Gasteiger charge is 2.15. The van der Waals surface area contributed by atoms with Crippen LogP contribution in [0.1, 0.15) is 18.1 Å². The van der Waals surface area contributed by atoms with E-state index in [1.165, 1.54) is 11.5 Å². The Morgan fingerprint density at radius 2 is 2.05 bits per heavy atom. The first-order chi connectivity index (χ1) is 10.8. The monoisotopic (exact) mass is 315 g/mol. The molecule has 1 atom stereocenters. The van der Waals surface area contributed by atoms with Crippen molar-refractivity contribution in [1.29, 1.82) is 0 Å². The van der Waals surface area contributed by atoms with Gasteiger partial charge in [-0.3, -0.25) is 0 Å². The molecular formula is C18H18FNOS. The number of hydrogen-bond donors (Lipinski definition) is 1. The van der Waals surface area contributed by atoms with Gasteiger partial charge < -0.3 is 10.1 Å². The normalized spacial score (nSPS) is 12.5. The van der Waals surface area contributed by atoms with Gasteiger partial charge in [0.1, 0.15) is 17.7 Å². The lowest BCUT2D eigenvalue weighted by atomic mass is 10.1. The molecule has 0 radical (unpaired) electrons. The molecule has 0 bridgehead atoms. The van der Waals surface area contributed by atoms with Crippen molar-refractivity contribution in [2.24, 2.45) is 0 Å². The Hall–Kier alpha value is -1.91. The van der Waals surface area contributed by atoms with Gasteiger partial charge in [-0.15, -0.1) is 11.3 Å². The van der Waals surface area contributed by atoms with Crippen molar-refractivity contribution in [2.75, 3.05) is 13.6 Å². The molecule has 2 nitrogen and oxygen atoms in total. The molecule has 114 valence electrons. The lowest BCUT2D eigenvalue weighted by Crippen LogP contribution is -2.16. The van der Waals surface area contributed by atoms with E-state index in [4.69, 9.17) is 4.74 Å². The average molecular weight is 315 g/mol. The molecule has 0 saturated heterocycles. The second kappa shape index (κ2) is 6.90. The first-order valence-corrected chi connectivity index (χ1v) is 8.19. The first kappa shape index (κ1) is 15.0. The molecule has 0 aliphatic rings. The number of hydrogen-bond acceptors (Lipinski definition) is 3. The molecule has 3 aromatic rings. The van der Waals surface area contributed by atoms with Gasteiger partial charge >= 0.3 is 0 Å². The zero-order valence-electron chi connectivity index (χ0n) is 12.4. The van der Waals surface area contributed by atoms with E-state index >= 15 is 0 Å². The van der Waals surface area contributed by atoms with Crippen LogP contribution in [0.15, 0.2) is 53.9 Å². The van der Waals surface area contributed by atoms with Gasteiger partial charge in [-0.05, 0) is 54.2 Å². The summed E-state index contributed by atoms with van der Waals surface area (Å²) in [4.78, 5) is 0. The van der Waals surface area contributed by atoms with Crippen LogP contribution in [0.3, 0.4) is 0 Å². The molecule has 0 aliphatic carbocycles. The first-order valence-electron chi connectivity index (χ1n) is 7.31. The molecule has 1 unspecified atom stereocenters. The smallest absolute Gasteiger partial charge is 0.138 e. The maximum absolute atomic E-state index is 13.5. The largest absolute Gasteiger partial charge is 0.484 e. The number of fused-ring (bicyclic) bond motifs is 1. The van der Waals surface area contributed by atoms with E-state index in [2.05, 4.69) is 22.8 Å². The van der Waals surface area contributed by atoms with Gasteiger partial charge in [-0.1, -0.05) is 24.3 Å². The van der Waals surface area contributed by atoms with Crippen molar-refractivity contribution >= 4 is 21.4 Å². The second-order valence-electron chi connectivity index (χ2n) is 5.15. The fourth-order valence-corrected chi connectivity index (χ4v) is 3.34. The van der Waals surface area contributed by atoms with Gasteiger partial charge in [0.25, 0.3) is 0 Å². The molecule has 0 spiro atoms. The molecule has 1 N–H and O–H groups in total. The number of ether oxygens (including phenoxy) is 1. The molecule has 0 aliphatic heterocycles. The minimum Gasteiger partial charge on any atom is -0.484 e. The Labute approximate surface area is 133 Å². The Morgan fingerprint density at radius 3 is 2.86 bits per heavy atom. The van der Waals surface area contributed by atoms with Gasteiger partial charge in [-0.25, -0.2) is 4.39 Å². The zero-order chi connectivity index (χ0) is 15.4. The Morgan fingerprint density at radius 1 is 1.18 bits per heavy atom. The van der Waals surface area contributed by atoms with Crippen molar-refractivity contribution in [3.05, 3.63) is 65.3 Å². The average Bonchev–Trinajstić information content (AvgIpc) is 3.00. The van der Waals surface area contributed by atoms with Crippen LogP contribution in [0.2, 0.25) is 0 Å². The molecule has 0 amide bonds. The highest BCUT2D eigenvalue weighted by Crippen LogP contribution is 2.34. The fraction of sp³-hybridized carbons (Fsp3) is 0.222. The number of benzene rings is 2. The third kappa shape index (κ3) is 3.29. The quantitative estimate of drug-likeness (QED) is 0.707. The molecular weight excluding hydrogens is 297 g/mol. The number of nitrogens with one attached hydrogen (secondary N) is 1. The minimum atomic E-state index is -0.232. The summed E-state index contributed by atoms with van der Waals surface area (Å²) < 4.78 is 20.9. The summed E-state index contributed by atoms with van der Waals surface area (Å²) in [5.41, 5.74) is 0.865. The summed E-state index contributed by atoms with van der Waals surface area (Å²) in [6, 6.07) is 14.8. The van der Waals surface area contributed by atoms with Crippen LogP contribution in [0.25, 0.3) is 10.1 Å². The van der Waals surface area contributed by atoms with E-state index < -0.39 is 0 Å². The van der Waals surface area contributed by atoms with E-state index in [0.29, 0.717) is 0 Å². The summed E-state index contributed by atoms with van der Waals surface area (Å²) in [5.74, 6) is 0.628. The molecule has 22 heavy (non-hydrogen) atoms. The third-order valence-corrected chi connectivity index (χ3v) is 4.53. The zero-order valence-corrected chi connectivity index (χ0v) is 13.2. The SMILES string of the molecule is CNCCC(Oc1cccc2ccsc12)c1cccc(F)c1. The van der Waals surface area contributed by atoms with Crippen LogP contribution >= 0.6 is 11.3 Å². The maximum Gasteiger partial charge on any atom is 0.138 e. The fourth-order valence-electron chi connectivity index (χ4n) is 2.49. The molecule has 0 fully saturated rings. The van der Waals surface area contributed by atoms with Crippen LogP contribution < -0.4 is 10.1 Å². The van der Waals surface area contributed by atoms with E-state index in [1.54, 1.807) is 23.5 Å². The number of halogens is 1. The highest BCUT2D eigenvalue weighted by molar-refractivity contribution is 7.17. The predicted octanol–water partition coefficient (Wildman–Crippen LogP) is 4.77. The Balaban J connectivity index is 1.91. The standard InChI is InChI=1S/C18H18FNOS/c1-20-10-8-16(14-5-2-6-15(19)12-14)21-17-7-3-4-13-9-11-22-18(13)17/h2-7,9,11-12,16,20H,8,10H2,1H3. The van der Waals surface area contributed by atoms with Crippen molar-refractivity contribution < 1.29 is 9.13 Å². The van der Waals surface area contributed by atoms with Crippen LogP contribution in [0.4, 0.5) is 4.39 Å². The molecule has 4 heteroatoms. The van der Waals surface area contributed by atoms with Crippen LogP contribution in [0, 0.1) is 5.82 Å². The summed E-state index contributed by atoms with van der Waals surface area (Å²) in [5, 5.41) is 6.36. The highest BCUT2D eigenvalue weighted by atomic mass is 32.1. The van der Waals surface area contributed by atoms with Gasteiger partial charge in [0.2, 0.25) is 0 Å². The van der Waals surface area contributed by atoms with Crippen LogP contribution in [-0.2, 0) is 0 Å². The maximum atomic E-state index is 13.5. The predicted molar refractivity (Wildman–Crippen MR) is 90.1 cm³/mol.